The van der Waals surface area contributed by atoms with Gasteiger partial charge in [0.15, 0.2) is 5.03 Å². The monoisotopic (exact) mass is 312 g/mol. The molecule has 0 aromatic carbocycles. The van der Waals surface area contributed by atoms with Crippen LogP contribution in [-0.2, 0) is 16.6 Å². The SMILES string of the molecule is CCCNCc1ccc(S(=O)(=O)NN2CCCCC2)nc1. The van der Waals surface area contributed by atoms with Gasteiger partial charge in [0, 0.05) is 25.8 Å². The second-order valence-corrected chi connectivity index (χ2v) is 6.93. The molecule has 118 valence electrons. The molecule has 1 saturated heterocycles. The van der Waals surface area contributed by atoms with Crippen LogP contribution in [0.15, 0.2) is 23.4 Å². The Labute approximate surface area is 127 Å². The molecule has 0 saturated carbocycles. The molecule has 0 amide bonds. The molecule has 0 atom stereocenters. The highest BCUT2D eigenvalue weighted by molar-refractivity contribution is 7.89. The van der Waals surface area contributed by atoms with Crippen molar-refractivity contribution in [3.05, 3.63) is 23.9 Å². The van der Waals surface area contributed by atoms with Crippen molar-refractivity contribution in [3.8, 4) is 0 Å². The first kappa shape index (κ1) is 16.4. The summed E-state index contributed by atoms with van der Waals surface area (Å²) in [6, 6.07) is 3.37. The maximum atomic E-state index is 12.2. The van der Waals surface area contributed by atoms with Crippen molar-refractivity contribution >= 4 is 10.0 Å². The van der Waals surface area contributed by atoms with Crippen LogP contribution in [-0.4, -0.2) is 38.0 Å². The molecular formula is C14H24N4O2S. The van der Waals surface area contributed by atoms with E-state index in [0.717, 1.165) is 50.9 Å². The molecule has 0 bridgehead atoms. The Morgan fingerprint density at radius 3 is 2.62 bits per heavy atom. The topological polar surface area (TPSA) is 74.3 Å². The van der Waals surface area contributed by atoms with E-state index in [1.54, 1.807) is 23.3 Å². The predicted molar refractivity (Wildman–Crippen MR) is 82.0 cm³/mol. The van der Waals surface area contributed by atoms with Crippen molar-refractivity contribution in [2.45, 2.75) is 44.2 Å². The van der Waals surface area contributed by atoms with Gasteiger partial charge < -0.3 is 5.32 Å². The van der Waals surface area contributed by atoms with Gasteiger partial charge in [-0.3, -0.25) is 0 Å². The number of hydrazine groups is 1. The van der Waals surface area contributed by atoms with Gasteiger partial charge in [0.1, 0.15) is 0 Å². The number of hydrogen-bond donors (Lipinski definition) is 2. The van der Waals surface area contributed by atoms with Crippen LogP contribution in [0, 0.1) is 0 Å². The van der Waals surface area contributed by atoms with Crippen LogP contribution in [0.1, 0.15) is 38.2 Å². The molecular weight excluding hydrogens is 288 g/mol. The van der Waals surface area contributed by atoms with Gasteiger partial charge in [0.25, 0.3) is 10.0 Å². The van der Waals surface area contributed by atoms with Crippen LogP contribution in [0.2, 0.25) is 0 Å². The molecule has 1 aromatic rings. The van der Waals surface area contributed by atoms with E-state index in [0.29, 0.717) is 6.54 Å². The first-order valence-electron chi connectivity index (χ1n) is 7.55. The number of sulfonamides is 1. The van der Waals surface area contributed by atoms with E-state index in [2.05, 4.69) is 22.1 Å². The van der Waals surface area contributed by atoms with Crippen LogP contribution in [0.3, 0.4) is 0 Å². The molecule has 0 spiro atoms. The molecule has 1 fully saturated rings. The minimum absolute atomic E-state index is 0.0762. The molecule has 0 unspecified atom stereocenters. The average Bonchev–Trinajstić information content (AvgIpc) is 2.49. The first-order chi connectivity index (χ1) is 10.1. The highest BCUT2D eigenvalue weighted by atomic mass is 32.2. The summed E-state index contributed by atoms with van der Waals surface area (Å²) in [5, 5.41) is 5.10. The van der Waals surface area contributed by atoms with Crippen molar-refractivity contribution in [1.82, 2.24) is 20.1 Å². The summed E-state index contributed by atoms with van der Waals surface area (Å²) in [5.41, 5.74) is 0.986. The van der Waals surface area contributed by atoms with Gasteiger partial charge in [-0.25, -0.2) is 18.4 Å². The largest absolute Gasteiger partial charge is 0.313 e. The normalized spacial score (nSPS) is 17.0. The van der Waals surface area contributed by atoms with E-state index in [-0.39, 0.29) is 5.03 Å². The van der Waals surface area contributed by atoms with Gasteiger partial charge in [-0.15, -0.1) is 4.83 Å². The highest BCUT2D eigenvalue weighted by Gasteiger charge is 2.20. The van der Waals surface area contributed by atoms with Crippen LogP contribution in [0.5, 0.6) is 0 Å². The number of pyridine rings is 1. The molecule has 1 aliphatic rings. The third-order valence-corrected chi connectivity index (χ3v) is 4.72. The molecule has 0 radical (unpaired) electrons. The molecule has 2 N–H and O–H groups in total. The lowest BCUT2D eigenvalue weighted by atomic mass is 10.2. The summed E-state index contributed by atoms with van der Waals surface area (Å²) in [7, 11) is -3.56. The minimum Gasteiger partial charge on any atom is -0.313 e. The average molecular weight is 312 g/mol. The summed E-state index contributed by atoms with van der Waals surface area (Å²) in [5.74, 6) is 0. The second kappa shape index (κ2) is 7.84. The van der Waals surface area contributed by atoms with Crippen molar-refractivity contribution in [1.29, 1.82) is 0 Å². The van der Waals surface area contributed by atoms with E-state index in [4.69, 9.17) is 0 Å². The fourth-order valence-corrected chi connectivity index (χ4v) is 3.34. The Bertz CT molecular complexity index is 524. The molecule has 1 aromatic heterocycles. The number of rotatable bonds is 7. The fourth-order valence-electron chi connectivity index (χ4n) is 2.29. The van der Waals surface area contributed by atoms with Gasteiger partial charge in [-0.05, 0) is 37.4 Å². The van der Waals surface area contributed by atoms with Crippen LogP contribution >= 0.6 is 0 Å². The Hall–Kier alpha value is -1.02. The molecule has 2 heterocycles. The Morgan fingerprint density at radius 2 is 2.00 bits per heavy atom. The maximum Gasteiger partial charge on any atom is 0.270 e. The van der Waals surface area contributed by atoms with Gasteiger partial charge in [0.05, 0.1) is 0 Å². The summed E-state index contributed by atoms with van der Waals surface area (Å²) in [4.78, 5) is 6.69. The van der Waals surface area contributed by atoms with Crippen LogP contribution < -0.4 is 10.1 Å². The van der Waals surface area contributed by atoms with E-state index in [9.17, 15) is 8.42 Å². The summed E-state index contributed by atoms with van der Waals surface area (Å²) in [6.07, 6.45) is 5.90. The number of nitrogens with zero attached hydrogens (tertiary/aromatic N) is 2. The van der Waals surface area contributed by atoms with Crippen molar-refractivity contribution in [3.63, 3.8) is 0 Å². The molecule has 0 aliphatic carbocycles. The number of piperidine rings is 1. The first-order valence-corrected chi connectivity index (χ1v) is 9.03. The zero-order valence-electron chi connectivity index (χ0n) is 12.5. The summed E-state index contributed by atoms with van der Waals surface area (Å²) < 4.78 is 24.5. The van der Waals surface area contributed by atoms with Gasteiger partial charge >= 0.3 is 0 Å². The zero-order chi connectivity index (χ0) is 15.1. The van der Waals surface area contributed by atoms with E-state index in [1.807, 2.05) is 0 Å². The van der Waals surface area contributed by atoms with Crippen molar-refractivity contribution in [2.75, 3.05) is 19.6 Å². The maximum absolute atomic E-state index is 12.2. The lowest BCUT2D eigenvalue weighted by molar-refractivity contribution is 0.199. The summed E-state index contributed by atoms with van der Waals surface area (Å²) in [6.45, 7) is 5.28. The van der Waals surface area contributed by atoms with E-state index >= 15 is 0 Å². The molecule has 1 aliphatic heterocycles. The third-order valence-electron chi connectivity index (χ3n) is 3.43. The van der Waals surface area contributed by atoms with E-state index in [1.165, 1.54) is 0 Å². The lowest BCUT2D eigenvalue weighted by Crippen LogP contribution is -2.45. The number of aromatic nitrogens is 1. The highest BCUT2D eigenvalue weighted by Crippen LogP contribution is 2.11. The fraction of sp³-hybridized carbons (Fsp3) is 0.643. The van der Waals surface area contributed by atoms with Gasteiger partial charge in [-0.2, -0.15) is 0 Å². The second-order valence-electron chi connectivity index (χ2n) is 5.32. The van der Waals surface area contributed by atoms with E-state index < -0.39 is 10.0 Å². The molecule has 6 nitrogen and oxygen atoms in total. The standard InChI is InChI=1S/C14H24N4O2S/c1-2-8-15-11-13-6-7-14(16-12-13)21(19,20)17-18-9-4-3-5-10-18/h6-7,12,15,17H,2-5,8-11H2,1H3. The van der Waals surface area contributed by atoms with Crippen molar-refractivity contribution < 1.29 is 8.42 Å². The van der Waals surface area contributed by atoms with Crippen LogP contribution in [0.4, 0.5) is 0 Å². The summed E-state index contributed by atoms with van der Waals surface area (Å²) >= 11 is 0. The number of hydrogen-bond acceptors (Lipinski definition) is 5. The lowest BCUT2D eigenvalue weighted by Gasteiger charge is -2.26. The molecule has 7 heteroatoms. The molecule has 21 heavy (non-hydrogen) atoms. The smallest absolute Gasteiger partial charge is 0.270 e. The predicted octanol–water partition coefficient (Wildman–Crippen LogP) is 1.26. The van der Waals surface area contributed by atoms with Gasteiger partial charge in [-0.1, -0.05) is 19.4 Å². The third kappa shape index (κ3) is 5.03. The minimum atomic E-state index is -3.56. The van der Waals surface area contributed by atoms with Gasteiger partial charge in [0.2, 0.25) is 0 Å². The quantitative estimate of drug-likeness (QED) is 0.742. The Balaban J connectivity index is 1.95. The van der Waals surface area contributed by atoms with Crippen LogP contribution in [0.25, 0.3) is 0 Å². The number of nitrogens with one attached hydrogen (secondary N) is 2. The Morgan fingerprint density at radius 1 is 1.24 bits per heavy atom. The molecule has 2 rings (SSSR count). The van der Waals surface area contributed by atoms with Crippen molar-refractivity contribution in [2.24, 2.45) is 0 Å². The Kier molecular flexibility index (Phi) is 6.10. The zero-order valence-corrected chi connectivity index (χ0v) is 13.3.